The lowest BCUT2D eigenvalue weighted by molar-refractivity contribution is -0.139. The number of anilines is 1. The van der Waals surface area contributed by atoms with Crippen LogP contribution < -0.4 is 9.62 Å². The number of nitrogens with one attached hydrogen (secondary N) is 1. The summed E-state index contributed by atoms with van der Waals surface area (Å²) in [5.41, 5.74) is 1.35. The van der Waals surface area contributed by atoms with Crippen LogP contribution in [-0.4, -0.2) is 44.3 Å². The van der Waals surface area contributed by atoms with Crippen LogP contribution in [0, 0.1) is 12.7 Å². The molecule has 1 N–H and O–H groups in total. The van der Waals surface area contributed by atoms with Crippen LogP contribution in [0.4, 0.5) is 10.1 Å². The topological polar surface area (TPSA) is 86.8 Å². The molecule has 2 amide bonds. The van der Waals surface area contributed by atoms with E-state index in [1.165, 1.54) is 35.2 Å². The Morgan fingerprint density at radius 1 is 1.00 bits per heavy atom. The molecule has 1 unspecified atom stereocenters. The van der Waals surface area contributed by atoms with E-state index in [0.29, 0.717) is 6.54 Å². The highest BCUT2D eigenvalue weighted by molar-refractivity contribution is 9.10. The number of aryl methyl sites for hydroxylation is 1. The van der Waals surface area contributed by atoms with Crippen molar-refractivity contribution in [2.75, 3.05) is 17.4 Å². The largest absolute Gasteiger partial charge is 0.354 e. The summed E-state index contributed by atoms with van der Waals surface area (Å²) in [6.45, 7) is 5.25. The van der Waals surface area contributed by atoms with Crippen molar-refractivity contribution in [1.82, 2.24) is 10.2 Å². The zero-order valence-corrected chi connectivity index (χ0v) is 24.6. The molecule has 0 spiro atoms. The van der Waals surface area contributed by atoms with Crippen LogP contribution in [0.1, 0.15) is 37.8 Å². The molecule has 10 heteroatoms. The highest BCUT2D eigenvalue weighted by atomic mass is 79.9. The van der Waals surface area contributed by atoms with Gasteiger partial charge in [0.05, 0.1) is 10.6 Å². The second-order valence-corrected chi connectivity index (χ2v) is 12.0. The molecular weight excluding hydrogens is 585 g/mol. The van der Waals surface area contributed by atoms with Gasteiger partial charge < -0.3 is 10.2 Å². The summed E-state index contributed by atoms with van der Waals surface area (Å²) in [4.78, 5) is 28.0. The highest BCUT2D eigenvalue weighted by Crippen LogP contribution is 2.27. The second kappa shape index (κ2) is 13.7. The number of hydrogen-bond acceptors (Lipinski definition) is 4. The van der Waals surface area contributed by atoms with E-state index in [1.54, 1.807) is 19.1 Å². The Hall–Kier alpha value is -3.24. The normalized spacial score (nSPS) is 12.0. The fourth-order valence-corrected chi connectivity index (χ4v) is 5.60. The first-order valence-corrected chi connectivity index (χ1v) is 14.9. The Morgan fingerprint density at radius 3 is 2.26 bits per heavy atom. The smallest absolute Gasteiger partial charge is 0.264 e. The monoisotopic (exact) mass is 617 g/mol. The molecule has 0 aliphatic carbocycles. The number of hydrogen-bond donors (Lipinski definition) is 1. The summed E-state index contributed by atoms with van der Waals surface area (Å²) in [6.07, 6.45) is 1.68. The molecule has 0 saturated carbocycles. The maximum Gasteiger partial charge on any atom is 0.264 e. The fraction of sp³-hybridized carbons (Fsp3) is 0.310. The van der Waals surface area contributed by atoms with Crippen LogP contribution in [0.15, 0.2) is 82.2 Å². The molecule has 3 aromatic rings. The fourth-order valence-electron chi connectivity index (χ4n) is 3.91. The van der Waals surface area contributed by atoms with Gasteiger partial charge in [-0.15, -0.1) is 0 Å². The number of amides is 2. The van der Waals surface area contributed by atoms with Crippen LogP contribution >= 0.6 is 15.9 Å². The van der Waals surface area contributed by atoms with Crippen molar-refractivity contribution >= 4 is 43.5 Å². The maximum absolute atomic E-state index is 14.9. The summed E-state index contributed by atoms with van der Waals surface area (Å²) >= 11 is 3.39. The molecule has 39 heavy (non-hydrogen) atoms. The molecule has 7 nitrogen and oxygen atoms in total. The van der Waals surface area contributed by atoms with Crippen LogP contribution in [0.3, 0.4) is 0 Å². The average Bonchev–Trinajstić information content (AvgIpc) is 2.91. The number of carbonyl (C=O) groups is 2. The minimum Gasteiger partial charge on any atom is -0.354 e. The van der Waals surface area contributed by atoms with Gasteiger partial charge in [0.25, 0.3) is 10.0 Å². The quantitative estimate of drug-likeness (QED) is 0.275. The highest BCUT2D eigenvalue weighted by Gasteiger charge is 2.33. The van der Waals surface area contributed by atoms with Gasteiger partial charge in [-0.3, -0.25) is 13.9 Å². The number of para-hydroxylation sites is 1. The first-order valence-electron chi connectivity index (χ1n) is 12.7. The number of carbonyl (C=O) groups excluding carboxylic acids is 2. The molecule has 1 atom stereocenters. The molecule has 208 valence electrons. The van der Waals surface area contributed by atoms with Gasteiger partial charge in [0.1, 0.15) is 18.4 Å². The van der Waals surface area contributed by atoms with Gasteiger partial charge in [-0.1, -0.05) is 71.2 Å². The maximum atomic E-state index is 14.9. The molecular formula is C29H33BrFN3O4S. The predicted octanol–water partition coefficient (Wildman–Crippen LogP) is 5.43. The van der Waals surface area contributed by atoms with Gasteiger partial charge in [0.15, 0.2) is 0 Å². The van der Waals surface area contributed by atoms with E-state index in [0.717, 1.165) is 38.8 Å². The molecule has 0 fully saturated rings. The summed E-state index contributed by atoms with van der Waals surface area (Å²) in [7, 11) is -4.32. The van der Waals surface area contributed by atoms with E-state index in [2.05, 4.69) is 21.2 Å². The second-order valence-electron chi connectivity index (χ2n) is 9.24. The molecule has 0 saturated heterocycles. The van der Waals surface area contributed by atoms with Gasteiger partial charge in [-0.25, -0.2) is 12.8 Å². The van der Waals surface area contributed by atoms with E-state index in [4.69, 9.17) is 0 Å². The summed E-state index contributed by atoms with van der Waals surface area (Å²) in [5.74, 6) is -1.78. The Kier molecular flexibility index (Phi) is 10.7. The van der Waals surface area contributed by atoms with Gasteiger partial charge in [-0.05, 0) is 62.2 Å². The Labute approximate surface area is 238 Å². The summed E-state index contributed by atoms with van der Waals surface area (Å²) in [6, 6.07) is 17.9. The molecule has 0 heterocycles. The minimum absolute atomic E-state index is 0.0597. The lowest BCUT2D eigenvalue weighted by Crippen LogP contribution is -2.51. The number of sulfonamides is 1. The third kappa shape index (κ3) is 7.89. The van der Waals surface area contributed by atoms with Crippen molar-refractivity contribution in [3.63, 3.8) is 0 Å². The van der Waals surface area contributed by atoms with Crippen LogP contribution in [0.5, 0.6) is 0 Å². The predicted molar refractivity (Wildman–Crippen MR) is 154 cm³/mol. The Balaban J connectivity index is 2.00. The Morgan fingerprint density at radius 2 is 1.64 bits per heavy atom. The standard InChI is InChI=1S/C29H33BrFN3O4S/c1-4-5-18-32-29(36)22(3)33(19-23-12-14-24(30)15-13-23)28(35)20-34(27-9-7-6-8-26(27)31)39(37,38)25-16-10-21(2)11-17-25/h6-17,22H,4-5,18-20H2,1-3H3,(H,32,36). The van der Waals surface area contributed by atoms with Gasteiger partial charge in [-0.2, -0.15) is 0 Å². The van der Waals surface area contributed by atoms with Crippen molar-refractivity contribution in [3.05, 3.63) is 94.2 Å². The van der Waals surface area contributed by atoms with Crippen molar-refractivity contribution in [3.8, 4) is 0 Å². The molecule has 0 bridgehead atoms. The molecule has 0 radical (unpaired) electrons. The number of unbranched alkanes of at least 4 members (excludes halogenated alkanes) is 1. The van der Waals surface area contributed by atoms with E-state index in [1.807, 2.05) is 38.1 Å². The first kappa shape index (κ1) is 30.3. The number of nitrogens with zero attached hydrogens (tertiary/aromatic N) is 2. The number of rotatable bonds is 12. The van der Waals surface area contributed by atoms with Crippen molar-refractivity contribution in [1.29, 1.82) is 0 Å². The van der Waals surface area contributed by atoms with Crippen molar-refractivity contribution in [2.45, 2.75) is 51.1 Å². The lowest BCUT2D eigenvalue weighted by Gasteiger charge is -2.32. The van der Waals surface area contributed by atoms with Gasteiger partial charge in [0, 0.05) is 17.6 Å². The van der Waals surface area contributed by atoms with Crippen molar-refractivity contribution < 1.29 is 22.4 Å². The van der Waals surface area contributed by atoms with Gasteiger partial charge in [0.2, 0.25) is 11.8 Å². The Bertz CT molecular complexity index is 1380. The molecule has 0 aromatic heterocycles. The van der Waals surface area contributed by atoms with E-state index in [-0.39, 0.29) is 23.0 Å². The number of halogens is 2. The minimum atomic E-state index is -4.32. The molecule has 3 aromatic carbocycles. The zero-order chi connectivity index (χ0) is 28.6. The van der Waals surface area contributed by atoms with E-state index >= 15 is 0 Å². The van der Waals surface area contributed by atoms with Crippen molar-refractivity contribution in [2.24, 2.45) is 0 Å². The van der Waals surface area contributed by atoms with E-state index < -0.39 is 34.3 Å². The molecule has 3 rings (SSSR count). The average molecular weight is 619 g/mol. The van der Waals surface area contributed by atoms with Crippen LogP contribution in [0.25, 0.3) is 0 Å². The molecule has 0 aliphatic heterocycles. The van der Waals surface area contributed by atoms with Crippen LogP contribution in [0.2, 0.25) is 0 Å². The SMILES string of the molecule is CCCCNC(=O)C(C)N(Cc1ccc(Br)cc1)C(=O)CN(c1ccccc1F)S(=O)(=O)c1ccc(C)cc1. The lowest BCUT2D eigenvalue weighted by atomic mass is 10.1. The third-order valence-corrected chi connectivity index (χ3v) is 8.57. The summed E-state index contributed by atoms with van der Waals surface area (Å²) in [5, 5.41) is 2.84. The van der Waals surface area contributed by atoms with Gasteiger partial charge >= 0.3 is 0 Å². The zero-order valence-electron chi connectivity index (χ0n) is 22.2. The number of benzene rings is 3. The van der Waals surface area contributed by atoms with Crippen LogP contribution in [-0.2, 0) is 26.2 Å². The molecule has 0 aliphatic rings. The summed E-state index contributed by atoms with van der Waals surface area (Å²) < 4.78 is 44.0. The third-order valence-electron chi connectivity index (χ3n) is 6.27. The van der Waals surface area contributed by atoms with E-state index in [9.17, 15) is 22.4 Å². The first-order chi connectivity index (χ1) is 18.5.